The van der Waals surface area contributed by atoms with Crippen LogP contribution in [0.1, 0.15) is 19.4 Å². The number of benzene rings is 8. The fourth-order valence-electron chi connectivity index (χ4n) is 9.03. The van der Waals surface area contributed by atoms with Crippen molar-refractivity contribution in [1.29, 1.82) is 0 Å². The van der Waals surface area contributed by atoms with Gasteiger partial charge < -0.3 is 4.74 Å². The van der Waals surface area contributed by atoms with Gasteiger partial charge in [-0.2, -0.15) is 0 Å². The average Bonchev–Trinajstić information content (AvgIpc) is 3.87. The van der Waals surface area contributed by atoms with Crippen molar-refractivity contribution in [1.82, 2.24) is 14.1 Å². The third-order valence-corrected chi connectivity index (χ3v) is 11.8. The summed E-state index contributed by atoms with van der Waals surface area (Å²) >= 11 is 0. The first-order valence-electron chi connectivity index (χ1n) is 21.6. The number of ether oxygens (including phenoxy) is 1. The average molecular weight is 813 g/mol. The quantitative estimate of drug-likeness (QED) is 0.102. The van der Waals surface area contributed by atoms with Crippen molar-refractivity contribution in [2.24, 2.45) is 5.92 Å². The predicted octanol–water partition coefficient (Wildman–Crippen LogP) is 14.2. The van der Waals surface area contributed by atoms with Crippen molar-refractivity contribution in [2.75, 3.05) is 0 Å². The second-order valence-corrected chi connectivity index (χ2v) is 16.5. The van der Waals surface area contributed by atoms with Gasteiger partial charge in [-0.25, -0.2) is 4.98 Å². The summed E-state index contributed by atoms with van der Waals surface area (Å²) in [7, 11) is 0. The summed E-state index contributed by atoms with van der Waals surface area (Å²) in [5.41, 5.74) is 14.3. The van der Waals surface area contributed by atoms with Crippen molar-refractivity contribution < 1.29 is 9.30 Å². The van der Waals surface area contributed by atoms with Crippen molar-refractivity contribution in [3.63, 3.8) is 0 Å². The van der Waals surface area contributed by atoms with Gasteiger partial charge in [0.2, 0.25) is 0 Å². The molecule has 0 radical (unpaired) electrons. The van der Waals surface area contributed by atoms with Crippen LogP contribution < -0.4 is 9.30 Å². The Morgan fingerprint density at radius 2 is 1.17 bits per heavy atom. The van der Waals surface area contributed by atoms with Crippen LogP contribution in [0, 0.1) is 12.2 Å². The van der Waals surface area contributed by atoms with Gasteiger partial charge in [0.25, 0.3) is 6.33 Å². The van der Waals surface area contributed by atoms with Crippen LogP contribution in [0.4, 0.5) is 0 Å². The number of hydrogen-bond donors (Lipinski definition) is 0. The van der Waals surface area contributed by atoms with E-state index < -0.39 is 0 Å². The first-order valence-corrected chi connectivity index (χ1v) is 21.6. The maximum Gasteiger partial charge on any atom is 0.269 e. The van der Waals surface area contributed by atoms with Crippen LogP contribution >= 0.6 is 0 Å². The molecule has 0 bridgehead atoms. The first-order chi connectivity index (χ1) is 31.1. The lowest BCUT2D eigenvalue weighted by Crippen LogP contribution is -2.31. The number of fused-ring (bicyclic) bond motifs is 4. The topological polar surface area (TPSA) is 35.9 Å². The van der Waals surface area contributed by atoms with Gasteiger partial charge in [0.05, 0.1) is 33.4 Å². The highest BCUT2D eigenvalue weighted by atomic mass is 16.5. The normalized spacial score (nSPS) is 11.5. The molecular formula is C58H44N4O. The van der Waals surface area contributed by atoms with Crippen LogP contribution in [0.5, 0.6) is 11.5 Å². The number of para-hydroxylation sites is 2. The van der Waals surface area contributed by atoms with Gasteiger partial charge >= 0.3 is 0 Å². The van der Waals surface area contributed by atoms with Crippen LogP contribution in [-0.2, 0) is 6.42 Å². The number of rotatable bonds is 10. The number of nitrogens with zero attached hydrogens (tertiary/aromatic N) is 4. The minimum atomic E-state index is 0.546. The second-order valence-electron chi connectivity index (χ2n) is 16.5. The van der Waals surface area contributed by atoms with Gasteiger partial charge in [-0.3, -0.25) is 13.7 Å². The predicted molar refractivity (Wildman–Crippen MR) is 257 cm³/mol. The largest absolute Gasteiger partial charge is 0.458 e. The van der Waals surface area contributed by atoms with E-state index in [0.717, 1.165) is 95.9 Å². The monoisotopic (exact) mass is 812 g/mol. The second kappa shape index (κ2) is 16.1. The van der Waals surface area contributed by atoms with Crippen molar-refractivity contribution >= 4 is 32.8 Å². The van der Waals surface area contributed by atoms with Crippen LogP contribution in [0.25, 0.3) is 83.4 Å². The summed E-state index contributed by atoms with van der Waals surface area (Å²) < 4.78 is 13.4. The number of aromatic nitrogens is 4. The van der Waals surface area contributed by atoms with E-state index >= 15 is 0 Å². The fraction of sp³-hybridized carbons (Fsp3) is 0.0690. The zero-order valence-corrected chi connectivity index (χ0v) is 35.2. The molecule has 0 aliphatic heterocycles. The van der Waals surface area contributed by atoms with Crippen LogP contribution in [-0.4, -0.2) is 14.1 Å². The van der Waals surface area contributed by atoms with E-state index in [2.05, 4.69) is 234 Å². The molecule has 0 amide bonds. The zero-order chi connectivity index (χ0) is 42.3. The minimum absolute atomic E-state index is 0.546. The van der Waals surface area contributed by atoms with E-state index in [1.165, 1.54) is 10.9 Å². The lowest BCUT2D eigenvalue weighted by molar-refractivity contribution is -0.571. The summed E-state index contributed by atoms with van der Waals surface area (Å²) in [6.07, 6.45) is 6.78. The van der Waals surface area contributed by atoms with Crippen molar-refractivity contribution in [3.8, 4) is 62.1 Å². The standard InChI is InChI=1S/C58H44N4O/c1-40(2)34-41-32-33-59-57(35-41)62-53-27-13-12-24-51(53)52-30-29-48(38-55(52)62)63-47-23-14-22-46(37-47)60-39-61(56-36-45(28-31-54(56)60)42-16-6-3-7-17-42)58-49(43-18-8-4-9-19-43)25-15-26-50(58)44-20-10-5-11-21-44/h3-33,35-38,40H,34H2,1-2H3. The number of imidazole rings is 1. The van der Waals surface area contributed by atoms with E-state index in [1.807, 2.05) is 12.3 Å². The molecule has 5 heteroatoms. The fourth-order valence-corrected chi connectivity index (χ4v) is 9.03. The lowest BCUT2D eigenvalue weighted by Gasteiger charge is -2.17. The first kappa shape index (κ1) is 37.9. The van der Waals surface area contributed by atoms with Crippen molar-refractivity contribution in [2.45, 2.75) is 20.3 Å². The van der Waals surface area contributed by atoms with Gasteiger partial charge in [-0.15, -0.1) is 0 Å². The van der Waals surface area contributed by atoms with E-state index in [1.54, 1.807) is 0 Å². The molecule has 5 nitrogen and oxygen atoms in total. The molecule has 3 heterocycles. The van der Waals surface area contributed by atoms with E-state index in [0.29, 0.717) is 5.92 Å². The molecule has 0 saturated heterocycles. The molecular weight excluding hydrogens is 769 g/mol. The molecule has 8 aromatic carbocycles. The molecule has 0 fully saturated rings. The van der Waals surface area contributed by atoms with E-state index in [-0.39, 0.29) is 0 Å². The highest BCUT2D eigenvalue weighted by molar-refractivity contribution is 6.09. The molecule has 0 aliphatic rings. The Balaban J connectivity index is 1.05. The Labute approximate surface area is 367 Å². The Hall–Kier alpha value is -8.02. The SMILES string of the molecule is CC(C)Cc1ccnc(-n2c3ccccc3c3ccc(Oc4cccc(-n5[c-][n+](-c6c(-c7ccccc7)cccc6-c6ccccc6)c6cc(-c7ccccc7)ccc65)c4)cc32)c1. The Bertz CT molecular complexity index is 3360. The maximum absolute atomic E-state index is 6.78. The van der Waals surface area contributed by atoms with E-state index in [4.69, 9.17) is 9.72 Å². The third kappa shape index (κ3) is 7.13. The molecule has 3 aromatic heterocycles. The Morgan fingerprint density at radius 1 is 0.524 bits per heavy atom. The summed E-state index contributed by atoms with van der Waals surface area (Å²) in [5, 5.41) is 2.33. The summed E-state index contributed by atoms with van der Waals surface area (Å²) in [5.74, 6) is 2.92. The summed E-state index contributed by atoms with van der Waals surface area (Å²) in [4.78, 5) is 4.88. The minimum Gasteiger partial charge on any atom is -0.458 e. The smallest absolute Gasteiger partial charge is 0.269 e. The van der Waals surface area contributed by atoms with Crippen LogP contribution in [0.3, 0.4) is 0 Å². The lowest BCUT2D eigenvalue weighted by atomic mass is 9.95. The molecule has 11 rings (SSSR count). The molecule has 63 heavy (non-hydrogen) atoms. The van der Waals surface area contributed by atoms with Crippen LogP contribution in [0.2, 0.25) is 0 Å². The molecule has 0 atom stereocenters. The number of hydrogen-bond acceptors (Lipinski definition) is 2. The van der Waals surface area contributed by atoms with E-state index in [9.17, 15) is 0 Å². The van der Waals surface area contributed by atoms with Gasteiger partial charge in [-0.1, -0.05) is 159 Å². The highest BCUT2D eigenvalue weighted by Gasteiger charge is 2.21. The van der Waals surface area contributed by atoms with Crippen LogP contribution in [0.15, 0.2) is 212 Å². The summed E-state index contributed by atoms with van der Waals surface area (Å²) in [6, 6.07) is 72.7. The zero-order valence-electron chi connectivity index (χ0n) is 35.2. The molecule has 0 spiro atoms. The third-order valence-electron chi connectivity index (χ3n) is 11.8. The molecule has 0 unspecified atom stereocenters. The van der Waals surface area contributed by atoms with Gasteiger partial charge in [0.15, 0.2) is 0 Å². The number of pyridine rings is 1. The summed E-state index contributed by atoms with van der Waals surface area (Å²) in [6.45, 7) is 4.50. The Morgan fingerprint density at radius 3 is 1.90 bits per heavy atom. The van der Waals surface area contributed by atoms with Gasteiger partial charge in [0, 0.05) is 23.0 Å². The molecule has 11 aromatic rings. The van der Waals surface area contributed by atoms with Gasteiger partial charge in [-0.05, 0) is 106 Å². The molecule has 302 valence electrons. The molecule has 0 aliphatic carbocycles. The maximum atomic E-state index is 6.78. The molecule has 0 saturated carbocycles. The van der Waals surface area contributed by atoms with Gasteiger partial charge in [0.1, 0.15) is 17.3 Å². The molecule has 0 N–H and O–H groups in total. The van der Waals surface area contributed by atoms with Crippen molar-refractivity contribution in [3.05, 3.63) is 224 Å². The highest BCUT2D eigenvalue weighted by Crippen LogP contribution is 2.38. The Kier molecular flexibility index (Phi) is 9.70.